The summed E-state index contributed by atoms with van der Waals surface area (Å²) in [6.07, 6.45) is 1.64. The molecule has 0 aliphatic carbocycles. The predicted octanol–water partition coefficient (Wildman–Crippen LogP) is 2.83. The molecule has 0 unspecified atom stereocenters. The Hall–Kier alpha value is 0.110. The Labute approximate surface area is 65.5 Å². The van der Waals surface area contributed by atoms with Crippen LogP contribution in [0.5, 0.6) is 0 Å². The maximum Gasteiger partial charge on any atom is 0.119 e. The van der Waals surface area contributed by atoms with Gasteiger partial charge in [-0.25, -0.2) is 0 Å². The van der Waals surface area contributed by atoms with Gasteiger partial charge in [0.2, 0.25) is 0 Å². The predicted molar refractivity (Wildman–Crippen MR) is 44.6 cm³/mol. The van der Waals surface area contributed by atoms with E-state index in [1.54, 1.807) is 6.08 Å². The van der Waals surface area contributed by atoms with Gasteiger partial charge in [-0.15, -0.1) is 0 Å². The summed E-state index contributed by atoms with van der Waals surface area (Å²) in [7, 11) is 0. The summed E-state index contributed by atoms with van der Waals surface area (Å²) in [4.78, 5) is 3.59. The summed E-state index contributed by atoms with van der Waals surface area (Å²) in [5, 5.41) is 0. The van der Waals surface area contributed by atoms with Crippen LogP contribution in [-0.4, -0.2) is 6.72 Å². The minimum atomic E-state index is 0.674. The molecule has 0 rings (SSSR count). The van der Waals surface area contributed by atoms with Gasteiger partial charge < -0.3 is 0 Å². The van der Waals surface area contributed by atoms with Gasteiger partial charge in [0.15, 0.2) is 0 Å². The smallest absolute Gasteiger partial charge is 0.119 e. The van der Waals surface area contributed by atoms with Crippen LogP contribution >= 0.6 is 31.9 Å². The molecule has 0 aliphatic rings. The van der Waals surface area contributed by atoms with Crippen molar-refractivity contribution < 1.29 is 0 Å². The number of halogens is 2. The van der Waals surface area contributed by atoms with Crippen molar-refractivity contribution in [2.24, 2.45) is 4.99 Å². The van der Waals surface area contributed by atoms with Gasteiger partial charge in [-0.1, -0.05) is 12.7 Å². The third-order valence-corrected chi connectivity index (χ3v) is 2.42. The van der Waals surface area contributed by atoms with Crippen LogP contribution in [0.2, 0.25) is 0 Å². The molecule has 0 atom stereocenters. The number of hydrogen-bond donors (Lipinski definition) is 0. The lowest BCUT2D eigenvalue weighted by Gasteiger charge is -1.87. The SMILES string of the molecule is C=C/C(Br)=C(/Br)N=C. The zero-order valence-electron chi connectivity index (χ0n) is 4.19. The molecule has 8 heavy (non-hydrogen) atoms. The van der Waals surface area contributed by atoms with E-state index in [2.05, 4.69) is 50.1 Å². The van der Waals surface area contributed by atoms with Crippen LogP contribution < -0.4 is 0 Å². The number of rotatable bonds is 2. The van der Waals surface area contributed by atoms with Crippen LogP contribution in [0, 0.1) is 0 Å². The molecule has 0 N–H and O–H groups in total. The van der Waals surface area contributed by atoms with Gasteiger partial charge in [-0.3, -0.25) is 4.99 Å². The summed E-state index contributed by atoms with van der Waals surface area (Å²) in [5.41, 5.74) is 0. The lowest BCUT2D eigenvalue weighted by atomic mass is 10.6. The second-order valence-electron chi connectivity index (χ2n) is 1.00. The van der Waals surface area contributed by atoms with Crippen molar-refractivity contribution in [3.8, 4) is 0 Å². The Balaban J connectivity index is 4.25. The number of nitrogens with zero attached hydrogens (tertiary/aromatic N) is 1. The minimum absolute atomic E-state index is 0.674. The molecule has 0 saturated heterocycles. The number of allylic oxidation sites excluding steroid dienone is 2. The lowest BCUT2D eigenvalue weighted by molar-refractivity contribution is 1.57. The molecule has 0 saturated carbocycles. The zero-order chi connectivity index (χ0) is 6.57. The summed E-state index contributed by atoms with van der Waals surface area (Å²) < 4.78 is 1.49. The van der Waals surface area contributed by atoms with Gasteiger partial charge in [0.05, 0.1) is 0 Å². The van der Waals surface area contributed by atoms with Crippen LogP contribution in [0.25, 0.3) is 0 Å². The standard InChI is InChI=1S/C5H5Br2N/c1-3-4(6)5(7)8-2/h3H,1-2H2/b5-4+. The molecule has 44 valence electrons. The average Bonchev–Trinajstić information content (AvgIpc) is 1.84. The molecule has 0 amide bonds. The monoisotopic (exact) mass is 237 g/mol. The highest BCUT2D eigenvalue weighted by atomic mass is 79.9. The molecule has 1 nitrogen and oxygen atoms in total. The van der Waals surface area contributed by atoms with Crippen molar-refractivity contribution in [1.29, 1.82) is 0 Å². The van der Waals surface area contributed by atoms with Crippen molar-refractivity contribution in [1.82, 2.24) is 0 Å². The molecule has 0 fully saturated rings. The fourth-order valence-electron chi connectivity index (χ4n) is 0.160. The van der Waals surface area contributed by atoms with E-state index in [0.717, 1.165) is 4.48 Å². The second kappa shape index (κ2) is 4.04. The van der Waals surface area contributed by atoms with E-state index in [0.29, 0.717) is 4.61 Å². The van der Waals surface area contributed by atoms with E-state index in [9.17, 15) is 0 Å². The first-order chi connectivity index (χ1) is 3.72. The first-order valence-electron chi connectivity index (χ1n) is 1.86. The van der Waals surface area contributed by atoms with Gasteiger partial charge in [0.25, 0.3) is 0 Å². The maximum absolute atomic E-state index is 3.59. The Bertz CT molecular complexity index is 121. The number of aliphatic imine (C=N–C) groups is 1. The topological polar surface area (TPSA) is 12.4 Å². The van der Waals surface area contributed by atoms with Crippen molar-refractivity contribution in [3.63, 3.8) is 0 Å². The Kier molecular flexibility index (Phi) is 4.09. The molecule has 0 aliphatic heterocycles. The lowest BCUT2D eigenvalue weighted by Crippen LogP contribution is -1.63. The third kappa shape index (κ3) is 2.43. The molecule has 0 aromatic carbocycles. The summed E-state index contributed by atoms with van der Waals surface area (Å²) in [5.74, 6) is 0. The normalized spacial score (nSPS) is 12.2. The van der Waals surface area contributed by atoms with Gasteiger partial charge >= 0.3 is 0 Å². The molecule has 3 heteroatoms. The van der Waals surface area contributed by atoms with Crippen LogP contribution in [0.3, 0.4) is 0 Å². The molecule has 0 radical (unpaired) electrons. The molecule has 0 spiro atoms. The van der Waals surface area contributed by atoms with E-state index >= 15 is 0 Å². The van der Waals surface area contributed by atoms with E-state index in [-0.39, 0.29) is 0 Å². The van der Waals surface area contributed by atoms with Crippen LogP contribution in [0.4, 0.5) is 0 Å². The van der Waals surface area contributed by atoms with E-state index in [1.807, 2.05) is 0 Å². The summed E-state index contributed by atoms with van der Waals surface area (Å²) >= 11 is 6.32. The highest BCUT2D eigenvalue weighted by Crippen LogP contribution is 2.18. The highest BCUT2D eigenvalue weighted by molar-refractivity contribution is 9.14. The quantitative estimate of drug-likeness (QED) is 0.399. The first kappa shape index (κ1) is 8.11. The highest BCUT2D eigenvalue weighted by Gasteiger charge is 1.88. The zero-order valence-corrected chi connectivity index (χ0v) is 7.37. The van der Waals surface area contributed by atoms with Gasteiger partial charge in [0.1, 0.15) is 4.61 Å². The van der Waals surface area contributed by atoms with Crippen molar-refractivity contribution in [3.05, 3.63) is 21.7 Å². The molecule has 0 bridgehead atoms. The van der Waals surface area contributed by atoms with Gasteiger partial charge in [-0.05, 0) is 38.6 Å². The van der Waals surface area contributed by atoms with E-state index < -0.39 is 0 Å². The molecule has 0 aromatic rings. The van der Waals surface area contributed by atoms with Crippen LogP contribution in [-0.2, 0) is 0 Å². The summed E-state index contributed by atoms with van der Waals surface area (Å²) in [6, 6.07) is 0. The largest absolute Gasteiger partial charge is 0.256 e. The molecule has 0 heterocycles. The van der Waals surface area contributed by atoms with Crippen LogP contribution in [0.15, 0.2) is 26.7 Å². The Morgan fingerprint density at radius 3 is 2.12 bits per heavy atom. The second-order valence-corrected chi connectivity index (χ2v) is 2.61. The van der Waals surface area contributed by atoms with Crippen molar-refractivity contribution in [2.75, 3.05) is 0 Å². The van der Waals surface area contributed by atoms with Crippen molar-refractivity contribution >= 4 is 38.6 Å². The van der Waals surface area contributed by atoms with Crippen molar-refractivity contribution in [2.45, 2.75) is 0 Å². The van der Waals surface area contributed by atoms with Gasteiger partial charge in [0, 0.05) is 4.48 Å². The Morgan fingerprint density at radius 1 is 1.50 bits per heavy atom. The molecular formula is C5H5Br2N. The fraction of sp³-hybridized carbons (Fsp3) is 0. The minimum Gasteiger partial charge on any atom is -0.256 e. The molecule has 0 aromatic heterocycles. The summed E-state index contributed by atoms with van der Waals surface area (Å²) in [6.45, 7) is 6.80. The van der Waals surface area contributed by atoms with Gasteiger partial charge in [-0.2, -0.15) is 0 Å². The maximum atomic E-state index is 3.59. The number of hydrogen-bond acceptors (Lipinski definition) is 1. The van der Waals surface area contributed by atoms with Crippen LogP contribution in [0.1, 0.15) is 0 Å². The van der Waals surface area contributed by atoms with E-state index in [1.165, 1.54) is 0 Å². The average molecular weight is 239 g/mol. The first-order valence-corrected chi connectivity index (χ1v) is 3.45. The fourth-order valence-corrected chi connectivity index (χ4v) is 0.447. The van der Waals surface area contributed by atoms with E-state index in [4.69, 9.17) is 0 Å². The molecular weight excluding hydrogens is 234 g/mol. The Morgan fingerprint density at radius 2 is 2.00 bits per heavy atom. The third-order valence-electron chi connectivity index (χ3n) is 0.515.